The van der Waals surface area contributed by atoms with Crippen LogP contribution in [0.1, 0.15) is 11.4 Å². The molecule has 3 aromatic rings. The molecule has 0 unspecified atom stereocenters. The smallest absolute Gasteiger partial charge is 0.248 e. The van der Waals surface area contributed by atoms with E-state index in [0.717, 1.165) is 30.0 Å². The lowest BCUT2D eigenvalue weighted by molar-refractivity contribution is 0.122. The van der Waals surface area contributed by atoms with Gasteiger partial charge < -0.3 is 15.0 Å². The van der Waals surface area contributed by atoms with E-state index in [1.165, 1.54) is 0 Å². The van der Waals surface area contributed by atoms with Crippen LogP contribution in [0, 0.1) is 0 Å². The van der Waals surface area contributed by atoms with Crippen LogP contribution in [0.25, 0.3) is 23.5 Å². The van der Waals surface area contributed by atoms with Crippen molar-refractivity contribution in [3.05, 3.63) is 53.8 Å². The molecule has 9 heteroatoms. The van der Waals surface area contributed by atoms with Crippen molar-refractivity contribution in [3.63, 3.8) is 0 Å². The molecule has 0 bridgehead atoms. The average Bonchev–Trinajstić information content (AvgIpc) is 3.22. The van der Waals surface area contributed by atoms with Gasteiger partial charge >= 0.3 is 0 Å². The fraction of sp³-hybridized carbons (Fsp3) is 0.200. The maximum atomic E-state index is 6.41. The Labute approximate surface area is 173 Å². The van der Waals surface area contributed by atoms with Crippen molar-refractivity contribution < 1.29 is 4.74 Å². The molecule has 0 spiro atoms. The number of rotatable bonds is 6. The molecular weight excluding hydrogens is 390 g/mol. The van der Waals surface area contributed by atoms with E-state index >= 15 is 0 Å². The number of benzene rings is 1. The van der Waals surface area contributed by atoms with E-state index < -0.39 is 0 Å². The van der Waals surface area contributed by atoms with Crippen LogP contribution in [-0.2, 0) is 4.74 Å². The van der Waals surface area contributed by atoms with Crippen LogP contribution in [0.3, 0.4) is 0 Å². The molecule has 1 aliphatic heterocycles. The molecule has 1 fully saturated rings. The number of hydrogen-bond donors (Lipinski definition) is 2. The third kappa shape index (κ3) is 3.98. The second-order valence-corrected chi connectivity index (χ2v) is 6.70. The van der Waals surface area contributed by atoms with Gasteiger partial charge in [-0.3, -0.25) is 5.10 Å². The van der Waals surface area contributed by atoms with Crippen molar-refractivity contribution in [2.75, 3.05) is 36.5 Å². The maximum absolute atomic E-state index is 6.41. The number of aromatic amines is 1. The van der Waals surface area contributed by atoms with Gasteiger partial charge in [0.1, 0.15) is 17.5 Å². The molecule has 0 amide bonds. The molecule has 1 saturated heterocycles. The molecule has 0 saturated carbocycles. The molecule has 2 N–H and O–H groups in total. The van der Waals surface area contributed by atoms with E-state index in [1.807, 2.05) is 24.3 Å². The largest absolute Gasteiger partial charge is 0.378 e. The average molecular weight is 410 g/mol. The third-order valence-electron chi connectivity index (χ3n) is 4.48. The molecule has 2 aromatic heterocycles. The second-order valence-electron chi connectivity index (χ2n) is 6.29. The Kier molecular flexibility index (Phi) is 5.55. The predicted octanol–water partition coefficient (Wildman–Crippen LogP) is 3.78. The molecule has 3 heterocycles. The van der Waals surface area contributed by atoms with Gasteiger partial charge in [0.2, 0.25) is 5.95 Å². The standard InChI is InChI=1S/C20H20ClN7O/c1-3-13-17(25-20-22-16(4-2)26-27-20)23-18(14-7-5-6-8-15(14)21)24-19(13)28-9-11-29-12-10-28/h3-8H,1-2,9-12H2,(H2,22,23,24,25,26,27). The van der Waals surface area contributed by atoms with E-state index in [4.69, 9.17) is 26.3 Å². The highest BCUT2D eigenvalue weighted by molar-refractivity contribution is 6.33. The molecule has 4 rings (SSSR count). The van der Waals surface area contributed by atoms with Crippen molar-refractivity contribution in [2.45, 2.75) is 0 Å². The second kappa shape index (κ2) is 8.42. The first kappa shape index (κ1) is 19.1. The summed E-state index contributed by atoms with van der Waals surface area (Å²) in [4.78, 5) is 16.0. The minimum absolute atomic E-state index is 0.375. The summed E-state index contributed by atoms with van der Waals surface area (Å²) in [6.07, 6.45) is 3.31. The Morgan fingerprint density at radius 2 is 1.90 bits per heavy atom. The monoisotopic (exact) mass is 409 g/mol. The van der Waals surface area contributed by atoms with Crippen LogP contribution in [0.2, 0.25) is 5.02 Å². The topological polar surface area (TPSA) is 91.8 Å². The van der Waals surface area contributed by atoms with Crippen LogP contribution < -0.4 is 10.2 Å². The summed E-state index contributed by atoms with van der Waals surface area (Å²) in [5.41, 5.74) is 1.50. The highest BCUT2D eigenvalue weighted by Crippen LogP contribution is 2.33. The lowest BCUT2D eigenvalue weighted by atomic mass is 10.2. The van der Waals surface area contributed by atoms with Crippen LogP contribution in [0.4, 0.5) is 17.6 Å². The van der Waals surface area contributed by atoms with E-state index in [-0.39, 0.29) is 0 Å². The molecule has 0 atom stereocenters. The van der Waals surface area contributed by atoms with Crippen LogP contribution in [0.15, 0.2) is 37.4 Å². The Hall–Kier alpha value is -3.23. The lowest BCUT2D eigenvalue weighted by Gasteiger charge is -2.30. The van der Waals surface area contributed by atoms with E-state index in [0.29, 0.717) is 41.7 Å². The van der Waals surface area contributed by atoms with Gasteiger partial charge in [-0.05, 0) is 18.2 Å². The lowest BCUT2D eigenvalue weighted by Crippen LogP contribution is -2.37. The van der Waals surface area contributed by atoms with Crippen molar-refractivity contribution in [3.8, 4) is 11.4 Å². The molecule has 8 nitrogen and oxygen atoms in total. The zero-order valence-electron chi connectivity index (χ0n) is 15.7. The molecule has 1 aliphatic rings. The van der Waals surface area contributed by atoms with Crippen molar-refractivity contribution in [1.29, 1.82) is 0 Å². The highest BCUT2D eigenvalue weighted by Gasteiger charge is 2.22. The highest BCUT2D eigenvalue weighted by atomic mass is 35.5. The summed E-state index contributed by atoms with van der Waals surface area (Å²) in [5.74, 6) is 2.74. The molecule has 29 heavy (non-hydrogen) atoms. The number of halogens is 1. The van der Waals surface area contributed by atoms with E-state index in [2.05, 4.69) is 38.6 Å². The van der Waals surface area contributed by atoms with Gasteiger partial charge in [-0.1, -0.05) is 43.0 Å². The van der Waals surface area contributed by atoms with E-state index in [1.54, 1.807) is 12.2 Å². The van der Waals surface area contributed by atoms with Gasteiger partial charge in [-0.15, -0.1) is 5.10 Å². The fourth-order valence-electron chi connectivity index (χ4n) is 3.05. The first-order valence-electron chi connectivity index (χ1n) is 9.13. The molecular formula is C20H20ClN7O. The van der Waals surface area contributed by atoms with Gasteiger partial charge in [0.05, 0.1) is 23.8 Å². The van der Waals surface area contributed by atoms with Gasteiger partial charge in [-0.25, -0.2) is 9.97 Å². The summed E-state index contributed by atoms with van der Waals surface area (Å²) < 4.78 is 5.49. The van der Waals surface area contributed by atoms with Gasteiger partial charge in [0.25, 0.3) is 0 Å². The predicted molar refractivity (Wildman–Crippen MR) is 115 cm³/mol. The molecule has 1 aromatic carbocycles. The summed E-state index contributed by atoms with van der Waals surface area (Å²) in [7, 11) is 0. The number of ether oxygens (including phenoxy) is 1. The normalized spacial score (nSPS) is 13.9. The number of nitrogens with zero attached hydrogens (tertiary/aromatic N) is 5. The van der Waals surface area contributed by atoms with Crippen LogP contribution in [-0.4, -0.2) is 51.5 Å². The number of aromatic nitrogens is 5. The summed E-state index contributed by atoms with van der Waals surface area (Å²) >= 11 is 6.41. The van der Waals surface area contributed by atoms with Crippen molar-refractivity contribution in [2.24, 2.45) is 0 Å². The Bertz CT molecular complexity index is 1040. The Balaban J connectivity index is 1.84. The van der Waals surface area contributed by atoms with Crippen LogP contribution in [0.5, 0.6) is 0 Å². The van der Waals surface area contributed by atoms with Crippen molar-refractivity contribution in [1.82, 2.24) is 25.1 Å². The number of anilines is 3. The minimum atomic E-state index is 0.375. The Morgan fingerprint density at radius 1 is 1.10 bits per heavy atom. The van der Waals surface area contributed by atoms with Crippen molar-refractivity contribution >= 4 is 41.3 Å². The van der Waals surface area contributed by atoms with E-state index in [9.17, 15) is 0 Å². The maximum Gasteiger partial charge on any atom is 0.248 e. The Morgan fingerprint density at radius 3 is 2.59 bits per heavy atom. The zero-order valence-corrected chi connectivity index (χ0v) is 16.5. The van der Waals surface area contributed by atoms with Gasteiger partial charge in [0.15, 0.2) is 5.82 Å². The summed E-state index contributed by atoms with van der Waals surface area (Å²) in [6, 6.07) is 7.48. The SMILES string of the molecule is C=Cc1nc(Nc2nc(-c3ccccc3Cl)nc(N3CCOCC3)c2C=C)n[nH]1. The molecule has 148 valence electrons. The molecule has 0 aliphatic carbocycles. The minimum Gasteiger partial charge on any atom is -0.378 e. The fourth-order valence-corrected chi connectivity index (χ4v) is 3.27. The quantitative estimate of drug-likeness (QED) is 0.640. The first-order valence-corrected chi connectivity index (χ1v) is 9.51. The van der Waals surface area contributed by atoms with Crippen LogP contribution >= 0.6 is 11.6 Å². The number of morpholine rings is 1. The number of nitrogens with one attached hydrogen (secondary N) is 2. The number of H-pyrrole nitrogens is 1. The number of hydrogen-bond acceptors (Lipinski definition) is 7. The first-order chi connectivity index (χ1) is 14.2. The zero-order chi connectivity index (χ0) is 20.2. The van der Waals surface area contributed by atoms with Gasteiger partial charge in [0, 0.05) is 18.7 Å². The summed E-state index contributed by atoms with van der Waals surface area (Å²) in [6.45, 7) is 10.4. The summed E-state index contributed by atoms with van der Waals surface area (Å²) in [5, 5.41) is 10.7. The third-order valence-corrected chi connectivity index (χ3v) is 4.81. The van der Waals surface area contributed by atoms with Gasteiger partial charge in [-0.2, -0.15) is 4.98 Å². The molecule has 0 radical (unpaired) electrons.